The van der Waals surface area contributed by atoms with Gasteiger partial charge in [0.25, 0.3) is 5.56 Å². The molecule has 0 N–H and O–H groups in total. The van der Waals surface area contributed by atoms with Crippen LogP contribution in [0.5, 0.6) is 0 Å². The van der Waals surface area contributed by atoms with Crippen LogP contribution in [0.4, 0.5) is 13.2 Å². The summed E-state index contributed by atoms with van der Waals surface area (Å²) in [5.74, 6) is -0.547. The molecule has 1 heterocycles. The number of alkyl halides is 3. The summed E-state index contributed by atoms with van der Waals surface area (Å²) < 4.78 is 39.0. The Labute approximate surface area is 118 Å². The van der Waals surface area contributed by atoms with E-state index in [1.807, 2.05) is 6.92 Å². The van der Waals surface area contributed by atoms with Crippen molar-refractivity contribution in [1.29, 1.82) is 0 Å². The molecule has 0 spiro atoms. The zero-order valence-corrected chi connectivity index (χ0v) is 11.1. The van der Waals surface area contributed by atoms with Crippen molar-refractivity contribution in [3.63, 3.8) is 0 Å². The number of carbonyl (C=O) groups is 1. The van der Waals surface area contributed by atoms with Crippen molar-refractivity contribution >= 4 is 5.78 Å². The third kappa shape index (κ3) is 3.39. The van der Waals surface area contributed by atoms with E-state index < -0.39 is 29.8 Å². The van der Waals surface area contributed by atoms with Gasteiger partial charge >= 0.3 is 6.18 Å². The average Bonchev–Trinajstić information content (AvgIpc) is 2.40. The Hall–Kier alpha value is -2.37. The van der Waals surface area contributed by atoms with E-state index >= 15 is 0 Å². The third-order valence-corrected chi connectivity index (χ3v) is 3.02. The smallest absolute Gasteiger partial charge is 0.297 e. The van der Waals surface area contributed by atoms with Gasteiger partial charge in [-0.25, -0.2) is 0 Å². The molecule has 110 valence electrons. The van der Waals surface area contributed by atoms with Crippen LogP contribution in [0.25, 0.3) is 0 Å². The second-order valence-electron chi connectivity index (χ2n) is 4.62. The molecule has 0 aliphatic heterocycles. The van der Waals surface area contributed by atoms with Crippen molar-refractivity contribution in [2.75, 3.05) is 0 Å². The van der Waals surface area contributed by atoms with Crippen molar-refractivity contribution in [2.45, 2.75) is 19.6 Å². The quantitative estimate of drug-likeness (QED) is 0.816. The minimum atomic E-state index is -4.69. The molecular formula is C15H12F3NO2. The molecule has 0 aliphatic carbocycles. The third-order valence-electron chi connectivity index (χ3n) is 3.02. The molecule has 21 heavy (non-hydrogen) atoms. The fourth-order valence-corrected chi connectivity index (χ4v) is 1.91. The molecule has 2 rings (SSSR count). The summed E-state index contributed by atoms with van der Waals surface area (Å²) in [5, 5.41) is 0. The van der Waals surface area contributed by atoms with Crippen LogP contribution < -0.4 is 5.56 Å². The molecule has 0 bridgehead atoms. The van der Waals surface area contributed by atoms with Crippen molar-refractivity contribution in [3.05, 3.63) is 69.6 Å². The van der Waals surface area contributed by atoms with Crippen molar-refractivity contribution < 1.29 is 18.0 Å². The zero-order chi connectivity index (χ0) is 15.6. The number of hydrogen-bond acceptors (Lipinski definition) is 2. The van der Waals surface area contributed by atoms with Gasteiger partial charge in [-0.15, -0.1) is 0 Å². The van der Waals surface area contributed by atoms with Gasteiger partial charge in [0.1, 0.15) is 5.69 Å². The number of Topliss-reactive ketones (excluding diaryl/α,β-unsaturated/α-hetero) is 1. The van der Waals surface area contributed by atoms with Crippen LogP contribution in [0.3, 0.4) is 0 Å². The molecular weight excluding hydrogens is 283 g/mol. The zero-order valence-electron chi connectivity index (χ0n) is 11.1. The maximum atomic E-state index is 12.9. The number of carbonyl (C=O) groups excluding carboxylic acids is 1. The lowest BCUT2D eigenvalue weighted by Gasteiger charge is -2.14. The van der Waals surface area contributed by atoms with Gasteiger partial charge < -0.3 is 0 Å². The van der Waals surface area contributed by atoms with E-state index in [0.29, 0.717) is 4.57 Å². The number of nitrogens with zero attached hydrogens (tertiary/aromatic N) is 1. The van der Waals surface area contributed by atoms with E-state index in [1.54, 1.807) is 12.1 Å². The highest BCUT2D eigenvalue weighted by molar-refractivity contribution is 5.95. The largest absolute Gasteiger partial charge is 0.431 e. The summed E-state index contributed by atoms with van der Waals surface area (Å²) in [4.78, 5) is 23.6. The first-order chi connectivity index (χ1) is 9.79. The second-order valence-corrected chi connectivity index (χ2v) is 4.62. The summed E-state index contributed by atoms with van der Waals surface area (Å²) >= 11 is 0. The number of rotatable bonds is 3. The van der Waals surface area contributed by atoms with Gasteiger partial charge in [-0.3, -0.25) is 14.2 Å². The van der Waals surface area contributed by atoms with Crippen LogP contribution in [-0.4, -0.2) is 10.4 Å². The monoisotopic (exact) mass is 295 g/mol. The fourth-order valence-electron chi connectivity index (χ4n) is 1.91. The Morgan fingerprint density at radius 3 is 2.29 bits per heavy atom. The van der Waals surface area contributed by atoms with Crippen LogP contribution >= 0.6 is 0 Å². The van der Waals surface area contributed by atoms with E-state index in [9.17, 15) is 22.8 Å². The van der Waals surface area contributed by atoms with Crippen LogP contribution in [-0.2, 0) is 12.7 Å². The summed E-state index contributed by atoms with van der Waals surface area (Å²) in [6, 6.07) is 9.23. The predicted molar refractivity (Wildman–Crippen MR) is 71.2 cm³/mol. The summed E-state index contributed by atoms with van der Waals surface area (Å²) in [6.45, 7) is 1.19. The summed E-state index contributed by atoms with van der Waals surface area (Å²) in [6.07, 6.45) is -4.69. The topological polar surface area (TPSA) is 39.1 Å². The second kappa shape index (κ2) is 5.55. The minimum Gasteiger partial charge on any atom is -0.297 e. The van der Waals surface area contributed by atoms with Crippen LogP contribution in [0.15, 0.2) is 47.3 Å². The molecule has 1 aromatic carbocycles. The average molecular weight is 295 g/mol. The molecule has 0 aliphatic rings. The Morgan fingerprint density at radius 1 is 1.10 bits per heavy atom. The number of ketones is 1. The highest BCUT2D eigenvalue weighted by Gasteiger charge is 2.34. The van der Waals surface area contributed by atoms with Crippen molar-refractivity contribution in [1.82, 2.24) is 4.57 Å². The maximum absolute atomic E-state index is 12.9. The van der Waals surface area contributed by atoms with Gasteiger partial charge in [0.15, 0.2) is 5.78 Å². The molecule has 0 saturated carbocycles. The Kier molecular flexibility index (Phi) is 3.97. The molecule has 6 heteroatoms. The first-order valence-corrected chi connectivity index (χ1v) is 6.16. The molecule has 0 amide bonds. The van der Waals surface area contributed by atoms with Crippen LogP contribution in [0.2, 0.25) is 0 Å². The van der Waals surface area contributed by atoms with E-state index in [0.717, 1.165) is 23.8 Å². The Bertz CT molecular complexity index is 715. The number of benzene rings is 1. The van der Waals surface area contributed by atoms with Crippen molar-refractivity contribution in [2.24, 2.45) is 0 Å². The molecule has 0 fully saturated rings. The lowest BCUT2D eigenvalue weighted by Crippen LogP contribution is -2.30. The van der Waals surface area contributed by atoms with Gasteiger partial charge in [-0.05, 0) is 13.0 Å². The van der Waals surface area contributed by atoms with Crippen LogP contribution in [0.1, 0.15) is 21.6 Å². The molecule has 2 aromatic rings. The number of aromatic nitrogens is 1. The van der Waals surface area contributed by atoms with E-state index in [1.165, 1.54) is 12.1 Å². The molecule has 0 unspecified atom stereocenters. The maximum Gasteiger partial charge on any atom is 0.431 e. The van der Waals surface area contributed by atoms with Gasteiger partial charge in [0.2, 0.25) is 0 Å². The van der Waals surface area contributed by atoms with E-state index in [4.69, 9.17) is 0 Å². The Balaban J connectivity index is 2.38. The lowest BCUT2D eigenvalue weighted by atomic mass is 10.1. The molecule has 0 atom stereocenters. The van der Waals surface area contributed by atoms with Gasteiger partial charge in [0, 0.05) is 11.6 Å². The Morgan fingerprint density at radius 2 is 1.71 bits per heavy atom. The molecule has 0 saturated heterocycles. The SMILES string of the molecule is Cc1ccc(C(=O)Cn2c(C(F)(F)F)cccc2=O)cc1. The number of halogens is 3. The van der Waals surface area contributed by atoms with Gasteiger partial charge in [-0.2, -0.15) is 13.2 Å². The number of pyridine rings is 1. The van der Waals surface area contributed by atoms with E-state index in [-0.39, 0.29) is 5.56 Å². The lowest BCUT2D eigenvalue weighted by molar-refractivity contribution is -0.144. The van der Waals surface area contributed by atoms with Gasteiger partial charge in [-0.1, -0.05) is 35.9 Å². The van der Waals surface area contributed by atoms with Crippen molar-refractivity contribution in [3.8, 4) is 0 Å². The number of hydrogen-bond donors (Lipinski definition) is 0. The number of aryl methyl sites for hydroxylation is 1. The van der Waals surface area contributed by atoms with Gasteiger partial charge in [0.05, 0.1) is 6.54 Å². The minimum absolute atomic E-state index is 0.268. The summed E-state index contributed by atoms with van der Waals surface area (Å²) in [7, 11) is 0. The summed E-state index contributed by atoms with van der Waals surface area (Å²) in [5.41, 5.74) is -0.787. The predicted octanol–water partition coefficient (Wildman–Crippen LogP) is 3.06. The highest BCUT2D eigenvalue weighted by Crippen LogP contribution is 2.28. The van der Waals surface area contributed by atoms with Crippen LogP contribution in [0, 0.1) is 6.92 Å². The van der Waals surface area contributed by atoms with E-state index in [2.05, 4.69) is 0 Å². The molecule has 1 aromatic heterocycles. The highest BCUT2D eigenvalue weighted by atomic mass is 19.4. The molecule has 0 radical (unpaired) electrons. The first-order valence-electron chi connectivity index (χ1n) is 6.16. The fraction of sp³-hybridized carbons (Fsp3) is 0.200. The normalized spacial score (nSPS) is 11.4. The first kappa shape index (κ1) is 15.0. The standard InChI is InChI=1S/C15H12F3NO2/c1-10-5-7-11(8-6-10)12(20)9-19-13(15(16,17)18)3-2-4-14(19)21/h2-8H,9H2,1H3. The molecule has 3 nitrogen and oxygen atoms in total.